The van der Waals surface area contributed by atoms with Crippen molar-refractivity contribution >= 4 is 0 Å². The third-order valence-corrected chi connectivity index (χ3v) is 3.86. The van der Waals surface area contributed by atoms with Crippen molar-refractivity contribution in [1.29, 1.82) is 0 Å². The van der Waals surface area contributed by atoms with Gasteiger partial charge >= 0.3 is 0 Å². The SMILES string of the molecule is C=CCN(CC)C1CCC1CNC1CC1. The minimum atomic E-state index is 0.819. The van der Waals surface area contributed by atoms with Crippen molar-refractivity contribution in [2.75, 3.05) is 19.6 Å². The van der Waals surface area contributed by atoms with Crippen molar-refractivity contribution < 1.29 is 0 Å². The molecule has 0 saturated heterocycles. The van der Waals surface area contributed by atoms with Gasteiger partial charge in [-0.15, -0.1) is 6.58 Å². The molecular formula is C13H24N2. The van der Waals surface area contributed by atoms with Gasteiger partial charge in [0.1, 0.15) is 0 Å². The lowest BCUT2D eigenvalue weighted by Crippen LogP contribution is -2.50. The molecule has 0 radical (unpaired) electrons. The topological polar surface area (TPSA) is 15.3 Å². The van der Waals surface area contributed by atoms with E-state index in [1.54, 1.807) is 0 Å². The van der Waals surface area contributed by atoms with E-state index in [1.807, 2.05) is 6.08 Å². The summed E-state index contributed by atoms with van der Waals surface area (Å²) in [7, 11) is 0. The lowest BCUT2D eigenvalue weighted by molar-refractivity contribution is 0.0757. The molecule has 0 aromatic carbocycles. The standard InChI is InChI=1S/C13H24N2/c1-3-9-15(4-2)13-8-5-11(13)10-14-12-6-7-12/h3,11-14H,1,4-10H2,2H3. The average molecular weight is 208 g/mol. The maximum absolute atomic E-state index is 3.84. The van der Waals surface area contributed by atoms with E-state index in [-0.39, 0.29) is 0 Å². The van der Waals surface area contributed by atoms with Gasteiger partial charge in [0.25, 0.3) is 0 Å². The summed E-state index contributed by atoms with van der Waals surface area (Å²) in [6, 6.07) is 1.68. The molecule has 0 bridgehead atoms. The summed E-state index contributed by atoms with van der Waals surface area (Å²) in [5, 5.41) is 3.66. The van der Waals surface area contributed by atoms with E-state index in [2.05, 4.69) is 23.7 Å². The molecule has 0 amide bonds. The smallest absolute Gasteiger partial charge is 0.0163 e. The first-order valence-corrected chi connectivity index (χ1v) is 6.43. The van der Waals surface area contributed by atoms with Gasteiger partial charge in [-0.05, 0) is 44.7 Å². The van der Waals surface area contributed by atoms with E-state index in [4.69, 9.17) is 0 Å². The fourth-order valence-corrected chi connectivity index (χ4v) is 2.54. The molecule has 15 heavy (non-hydrogen) atoms. The molecule has 2 aliphatic rings. The first kappa shape index (κ1) is 11.2. The molecule has 0 heterocycles. The van der Waals surface area contributed by atoms with Crippen LogP contribution >= 0.6 is 0 Å². The summed E-state index contributed by atoms with van der Waals surface area (Å²) in [4.78, 5) is 2.57. The Morgan fingerprint density at radius 1 is 1.33 bits per heavy atom. The van der Waals surface area contributed by atoms with Crippen molar-refractivity contribution in [3.63, 3.8) is 0 Å². The number of likely N-dealkylation sites (N-methyl/N-ethyl adjacent to an activating group) is 1. The Labute approximate surface area is 93.7 Å². The minimum Gasteiger partial charge on any atom is -0.314 e. The van der Waals surface area contributed by atoms with Crippen molar-refractivity contribution in [2.45, 2.75) is 44.7 Å². The monoisotopic (exact) mass is 208 g/mol. The van der Waals surface area contributed by atoms with E-state index in [0.717, 1.165) is 31.1 Å². The Hall–Kier alpha value is -0.340. The molecule has 0 aromatic rings. The van der Waals surface area contributed by atoms with Crippen LogP contribution in [0.5, 0.6) is 0 Å². The second kappa shape index (κ2) is 5.13. The molecule has 0 spiro atoms. The second-order valence-electron chi connectivity index (χ2n) is 4.96. The molecule has 2 fully saturated rings. The molecule has 1 N–H and O–H groups in total. The van der Waals surface area contributed by atoms with Crippen molar-refractivity contribution in [3.8, 4) is 0 Å². The van der Waals surface area contributed by atoms with Crippen LogP contribution in [0.25, 0.3) is 0 Å². The van der Waals surface area contributed by atoms with Crippen molar-refractivity contribution in [2.24, 2.45) is 5.92 Å². The molecule has 2 nitrogen and oxygen atoms in total. The van der Waals surface area contributed by atoms with E-state index < -0.39 is 0 Å². The number of rotatable bonds is 7. The number of hydrogen-bond acceptors (Lipinski definition) is 2. The first-order chi connectivity index (χ1) is 7.35. The fraction of sp³-hybridized carbons (Fsp3) is 0.846. The van der Waals surface area contributed by atoms with Gasteiger partial charge in [0.15, 0.2) is 0 Å². The largest absolute Gasteiger partial charge is 0.314 e. The van der Waals surface area contributed by atoms with Crippen molar-refractivity contribution in [1.82, 2.24) is 10.2 Å². The zero-order chi connectivity index (χ0) is 10.7. The molecule has 0 aromatic heterocycles. The third kappa shape index (κ3) is 2.82. The van der Waals surface area contributed by atoms with Gasteiger partial charge in [-0.2, -0.15) is 0 Å². The van der Waals surface area contributed by atoms with Gasteiger partial charge in [0.05, 0.1) is 0 Å². The molecular weight excluding hydrogens is 184 g/mol. The molecule has 2 unspecified atom stereocenters. The van der Waals surface area contributed by atoms with Crippen LogP contribution in [0.15, 0.2) is 12.7 Å². The van der Waals surface area contributed by atoms with Crippen LogP contribution in [0, 0.1) is 5.92 Å². The van der Waals surface area contributed by atoms with Gasteiger partial charge in [-0.3, -0.25) is 4.90 Å². The summed E-state index contributed by atoms with van der Waals surface area (Å²) in [5.74, 6) is 0.894. The van der Waals surface area contributed by atoms with Gasteiger partial charge in [0, 0.05) is 18.6 Å². The molecule has 2 saturated carbocycles. The predicted molar refractivity (Wildman–Crippen MR) is 65.0 cm³/mol. The Morgan fingerprint density at radius 3 is 2.60 bits per heavy atom. The van der Waals surface area contributed by atoms with Crippen LogP contribution in [0.2, 0.25) is 0 Å². The molecule has 2 heteroatoms. The van der Waals surface area contributed by atoms with E-state index in [1.165, 1.54) is 32.2 Å². The Kier molecular flexibility index (Phi) is 3.81. The molecule has 2 atom stereocenters. The normalized spacial score (nSPS) is 30.3. The highest BCUT2D eigenvalue weighted by Crippen LogP contribution is 2.32. The third-order valence-electron chi connectivity index (χ3n) is 3.86. The van der Waals surface area contributed by atoms with E-state index in [9.17, 15) is 0 Å². The lowest BCUT2D eigenvalue weighted by Gasteiger charge is -2.44. The van der Waals surface area contributed by atoms with E-state index in [0.29, 0.717) is 0 Å². The zero-order valence-corrected chi connectivity index (χ0v) is 9.91. The van der Waals surface area contributed by atoms with Gasteiger partial charge in [0.2, 0.25) is 0 Å². The number of nitrogens with zero attached hydrogens (tertiary/aromatic N) is 1. The van der Waals surface area contributed by atoms with Crippen LogP contribution in [0.1, 0.15) is 32.6 Å². The van der Waals surface area contributed by atoms with E-state index >= 15 is 0 Å². The zero-order valence-electron chi connectivity index (χ0n) is 9.91. The highest BCUT2D eigenvalue weighted by molar-refractivity contribution is 4.93. The Morgan fingerprint density at radius 2 is 2.13 bits per heavy atom. The average Bonchev–Trinajstić information content (AvgIpc) is 2.99. The van der Waals surface area contributed by atoms with Crippen LogP contribution in [-0.4, -0.2) is 36.6 Å². The van der Waals surface area contributed by atoms with Gasteiger partial charge < -0.3 is 5.32 Å². The van der Waals surface area contributed by atoms with Crippen LogP contribution in [0.3, 0.4) is 0 Å². The Bertz CT molecular complexity index is 211. The first-order valence-electron chi connectivity index (χ1n) is 6.43. The number of nitrogens with one attached hydrogen (secondary N) is 1. The molecule has 2 aliphatic carbocycles. The predicted octanol–water partition coefficient (Wildman–Crippen LogP) is 2.02. The summed E-state index contributed by atoms with van der Waals surface area (Å²) < 4.78 is 0. The molecule has 0 aliphatic heterocycles. The fourth-order valence-electron chi connectivity index (χ4n) is 2.54. The van der Waals surface area contributed by atoms with Gasteiger partial charge in [-0.25, -0.2) is 0 Å². The lowest BCUT2D eigenvalue weighted by atomic mass is 9.78. The maximum Gasteiger partial charge on any atom is 0.0163 e. The highest BCUT2D eigenvalue weighted by atomic mass is 15.2. The van der Waals surface area contributed by atoms with Crippen molar-refractivity contribution in [3.05, 3.63) is 12.7 Å². The van der Waals surface area contributed by atoms with Gasteiger partial charge in [-0.1, -0.05) is 13.0 Å². The Balaban J connectivity index is 1.72. The number of hydrogen-bond donors (Lipinski definition) is 1. The summed E-state index contributed by atoms with van der Waals surface area (Å²) in [6.07, 6.45) is 7.65. The molecule has 86 valence electrons. The highest BCUT2D eigenvalue weighted by Gasteiger charge is 2.35. The quantitative estimate of drug-likeness (QED) is 0.644. The second-order valence-corrected chi connectivity index (χ2v) is 4.96. The summed E-state index contributed by atoms with van der Waals surface area (Å²) >= 11 is 0. The van der Waals surface area contributed by atoms with Crippen LogP contribution in [0.4, 0.5) is 0 Å². The maximum atomic E-state index is 3.84. The van der Waals surface area contributed by atoms with Crippen LogP contribution < -0.4 is 5.32 Å². The minimum absolute atomic E-state index is 0.819. The van der Waals surface area contributed by atoms with Crippen LogP contribution in [-0.2, 0) is 0 Å². The molecule has 2 rings (SSSR count). The summed E-state index contributed by atoms with van der Waals surface area (Å²) in [5.41, 5.74) is 0. The summed E-state index contributed by atoms with van der Waals surface area (Å²) in [6.45, 7) is 9.56.